The molecule has 1 aliphatic heterocycles. The molecule has 1 atom stereocenters. The maximum absolute atomic E-state index is 12.2. The molecular weight excluding hydrogens is 324 g/mol. The predicted octanol–water partition coefficient (Wildman–Crippen LogP) is 2.08. The number of aliphatic hydroxyl groups excluding tert-OH is 1. The number of nitrogens with zero attached hydrogens (tertiary/aromatic N) is 1. The molecule has 0 aromatic heterocycles. The van der Waals surface area contributed by atoms with Crippen LogP contribution in [0, 0.1) is 0 Å². The molecular formula is C18H22N2O3S. The van der Waals surface area contributed by atoms with E-state index in [9.17, 15) is 13.5 Å². The highest BCUT2D eigenvalue weighted by Crippen LogP contribution is 2.32. The first-order valence-corrected chi connectivity index (χ1v) is 9.60. The van der Waals surface area contributed by atoms with Gasteiger partial charge in [0.2, 0.25) is 10.0 Å². The number of β-amino-alcohol motifs (C(OH)–C–C–N with tert-alkyl or cyclic N) is 1. The summed E-state index contributed by atoms with van der Waals surface area (Å²) in [6, 6.07) is 14.7. The number of hydrogen-bond acceptors (Lipinski definition) is 4. The zero-order chi connectivity index (χ0) is 17.2. The van der Waals surface area contributed by atoms with Crippen LogP contribution in [0.5, 0.6) is 0 Å². The Kier molecular flexibility index (Phi) is 4.89. The van der Waals surface area contributed by atoms with Gasteiger partial charge in [0.1, 0.15) is 0 Å². The van der Waals surface area contributed by atoms with E-state index in [4.69, 9.17) is 0 Å². The summed E-state index contributed by atoms with van der Waals surface area (Å²) in [7, 11) is -3.48. The topological polar surface area (TPSA) is 69.6 Å². The minimum Gasteiger partial charge on any atom is -0.387 e. The van der Waals surface area contributed by atoms with E-state index in [1.165, 1.54) is 0 Å². The standard InChI is InChI=1S/C18H22N2O3S/c1-2-19-24(22,23)16-9-8-14-10-11-20(17(14)12-16)13-18(21)15-6-4-3-5-7-15/h3-9,12,18-19,21H,2,10-11,13H2,1H3. The highest BCUT2D eigenvalue weighted by molar-refractivity contribution is 7.89. The molecule has 0 fully saturated rings. The Hall–Kier alpha value is -1.89. The Morgan fingerprint density at radius 1 is 1.21 bits per heavy atom. The van der Waals surface area contributed by atoms with Crippen LogP contribution in [0.1, 0.15) is 24.2 Å². The molecule has 2 aromatic rings. The highest BCUT2D eigenvalue weighted by atomic mass is 32.2. The lowest BCUT2D eigenvalue weighted by atomic mass is 10.1. The van der Waals surface area contributed by atoms with Gasteiger partial charge in [0.05, 0.1) is 11.0 Å². The van der Waals surface area contributed by atoms with Crippen molar-refractivity contribution in [3.05, 3.63) is 59.7 Å². The minimum atomic E-state index is -3.48. The minimum absolute atomic E-state index is 0.268. The molecule has 24 heavy (non-hydrogen) atoms. The average Bonchev–Trinajstić information content (AvgIpc) is 2.98. The van der Waals surface area contributed by atoms with Crippen molar-refractivity contribution in [3.63, 3.8) is 0 Å². The third kappa shape index (κ3) is 3.45. The van der Waals surface area contributed by atoms with E-state index in [0.717, 1.165) is 29.8 Å². The van der Waals surface area contributed by atoms with Gasteiger partial charge in [-0.3, -0.25) is 0 Å². The lowest BCUT2D eigenvalue weighted by Crippen LogP contribution is -2.27. The summed E-state index contributed by atoms with van der Waals surface area (Å²) >= 11 is 0. The fourth-order valence-electron chi connectivity index (χ4n) is 3.04. The number of nitrogens with one attached hydrogen (secondary N) is 1. The maximum Gasteiger partial charge on any atom is 0.240 e. The molecule has 1 heterocycles. The van der Waals surface area contributed by atoms with Crippen LogP contribution in [0.15, 0.2) is 53.4 Å². The first-order valence-electron chi connectivity index (χ1n) is 8.12. The molecule has 0 amide bonds. The molecule has 5 nitrogen and oxygen atoms in total. The molecule has 2 aromatic carbocycles. The van der Waals surface area contributed by atoms with E-state index >= 15 is 0 Å². The third-order valence-corrected chi connectivity index (χ3v) is 5.81. The molecule has 0 aliphatic carbocycles. The quantitative estimate of drug-likeness (QED) is 0.840. The van der Waals surface area contributed by atoms with Crippen molar-refractivity contribution in [1.29, 1.82) is 0 Å². The van der Waals surface area contributed by atoms with Crippen molar-refractivity contribution in [2.24, 2.45) is 0 Å². The summed E-state index contributed by atoms with van der Waals surface area (Å²) < 4.78 is 26.9. The van der Waals surface area contributed by atoms with E-state index in [-0.39, 0.29) is 4.90 Å². The van der Waals surface area contributed by atoms with Gasteiger partial charge in [-0.2, -0.15) is 0 Å². The van der Waals surface area contributed by atoms with E-state index in [0.29, 0.717) is 13.1 Å². The maximum atomic E-state index is 12.2. The van der Waals surface area contributed by atoms with Crippen LogP contribution >= 0.6 is 0 Å². The number of hydrogen-bond donors (Lipinski definition) is 2. The van der Waals surface area contributed by atoms with Crippen LogP contribution in [-0.4, -0.2) is 33.2 Å². The summed E-state index contributed by atoms with van der Waals surface area (Å²) in [5.41, 5.74) is 2.87. The molecule has 1 aliphatic rings. The Labute approximate surface area is 143 Å². The molecule has 3 rings (SSSR count). The number of benzene rings is 2. The van der Waals surface area contributed by atoms with Crippen molar-refractivity contribution >= 4 is 15.7 Å². The second kappa shape index (κ2) is 6.93. The number of fused-ring (bicyclic) bond motifs is 1. The van der Waals surface area contributed by atoms with Crippen LogP contribution in [0.2, 0.25) is 0 Å². The number of anilines is 1. The lowest BCUT2D eigenvalue weighted by molar-refractivity contribution is 0.184. The van der Waals surface area contributed by atoms with Gasteiger partial charge in [0, 0.05) is 25.3 Å². The lowest BCUT2D eigenvalue weighted by Gasteiger charge is -2.23. The fraction of sp³-hybridized carbons (Fsp3) is 0.333. The molecule has 0 bridgehead atoms. The van der Waals surface area contributed by atoms with E-state index in [1.807, 2.05) is 36.4 Å². The van der Waals surface area contributed by atoms with Crippen LogP contribution in [-0.2, 0) is 16.4 Å². The second-order valence-electron chi connectivity index (χ2n) is 5.91. The highest BCUT2D eigenvalue weighted by Gasteiger charge is 2.24. The zero-order valence-electron chi connectivity index (χ0n) is 13.6. The monoisotopic (exact) mass is 346 g/mol. The largest absolute Gasteiger partial charge is 0.387 e. The summed E-state index contributed by atoms with van der Waals surface area (Å²) in [5.74, 6) is 0. The summed E-state index contributed by atoms with van der Waals surface area (Å²) in [4.78, 5) is 2.32. The number of sulfonamides is 1. The first kappa shape index (κ1) is 17.0. The molecule has 6 heteroatoms. The smallest absolute Gasteiger partial charge is 0.240 e. The molecule has 0 saturated carbocycles. The summed E-state index contributed by atoms with van der Waals surface area (Å²) in [6.45, 7) is 3.34. The molecule has 128 valence electrons. The van der Waals surface area contributed by atoms with Gasteiger partial charge in [-0.25, -0.2) is 13.1 Å². The Morgan fingerprint density at radius 2 is 1.96 bits per heavy atom. The normalized spacial score (nSPS) is 15.3. The Morgan fingerprint density at radius 3 is 2.67 bits per heavy atom. The summed E-state index contributed by atoms with van der Waals surface area (Å²) in [6.07, 6.45) is 0.254. The molecule has 0 saturated heterocycles. The second-order valence-corrected chi connectivity index (χ2v) is 7.68. The zero-order valence-corrected chi connectivity index (χ0v) is 14.5. The number of aliphatic hydroxyl groups is 1. The van der Waals surface area contributed by atoms with Gasteiger partial charge in [-0.05, 0) is 29.7 Å². The van der Waals surface area contributed by atoms with Crippen LogP contribution in [0.3, 0.4) is 0 Å². The van der Waals surface area contributed by atoms with Crippen LogP contribution in [0.25, 0.3) is 0 Å². The summed E-state index contributed by atoms with van der Waals surface area (Å²) in [5, 5.41) is 10.4. The van der Waals surface area contributed by atoms with Crippen molar-refractivity contribution in [1.82, 2.24) is 4.72 Å². The van der Waals surface area contributed by atoms with E-state index in [1.54, 1.807) is 19.1 Å². The molecule has 0 radical (unpaired) electrons. The first-order chi connectivity index (χ1) is 11.5. The molecule has 1 unspecified atom stereocenters. The Bertz CT molecular complexity index is 806. The molecule has 2 N–H and O–H groups in total. The van der Waals surface area contributed by atoms with Gasteiger partial charge in [-0.15, -0.1) is 0 Å². The number of rotatable bonds is 6. The average molecular weight is 346 g/mol. The van der Waals surface area contributed by atoms with Crippen molar-refractivity contribution in [2.75, 3.05) is 24.5 Å². The van der Waals surface area contributed by atoms with Crippen molar-refractivity contribution in [3.8, 4) is 0 Å². The van der Waals surface area contributed by atoms with Crippen LogP contribution < -0.4 is 9.62 Å². The van der Waals surface area contributed by atoms with Crippen molar-refractivity contribution < 1.29 is 13.5 Å². The van der Waals surface area contributed by atoms with Crippen molar-refractivity contribution in [2.45, 2.75) is 24.3 Å². The van der Waals surface area contributed by atoms with Crippen LogP contribution in [0.4, 0.5) is 5.69 Å². The van der Waals surface area contributed by atoms with Gasteiger partial charge >= 0.3 is 0 Å². The third-order valence-electron chi connectivity index (χ3n) is 4.27. The SMILES string of the molecule is CCNS(=O)(=O)c1ccc2c(c1)N(CC(O)c1ccccc1)CC2. The fourth-order valence-corrected chi connectivity index (χ4v) is 4.11. The van der Waals surface area contributed by atoms with Gasteiger partial charge < -0.3 is 10.0 Å². The predicted molar refractivity (Wildman–Crippen MR) is 94.6 cm³/mol. The van der Waals surface area contributed by atoms with Gasteiger partial charge in [-0.1, -0.05) is 43.3 Å². The van der Waals surface area contributed by atoms with E-state index < -0.39 is 16.1 Å². The van der Waals surface area contributed by atoms with Gasteiger partial charge in [0.25, 0.3) is 0 Å². The molecule has 0 spiro atoms. The van der Waals surface area contributed by atoms with E-state index in [2.05, 4.69) is 9.62 Å². The van der Waals surface area contributed by atoms with Gasteiger partial charge in [0.15, 0.2) is 0 Å². The Balaban J connectivity index is 1.83.